The molecule has 0 saturated heterocycles. The Hall–Kier alpha value is -3.79. The normalized spacial score (nSPS) is 21.2. The molecule has 2 aromatic carbocycles. The van der Waals surface area contributed by atoms with Crippen LogP contribution in [0.3, 0.4) is 0 Å². The minimum atomic E-state index is -0.892. The summed E-state index contributed by atoms with van der Waals surface area (Å²) in [6.07, 6.45) is 12.2. The summed E-state index contributed by atoms with van der Waals surface area (Å²) >= 11 is 0. The van der Waals surface area contributed by atoms with Crippen molar-refractivity contribution in [3.8, 4) is 5.75 Å². The maximum absolute atomic E-state index is 12.4. The number of esters is 1. The van der Waals surface area contributed by atoms with Crippen molar-refractivity contribution in [2.24, 2.45) is 17.6 Å². The van der Waals surface area contributed by atoms with Gasteiger partial charge in [0.1, 0.15) is 11.8 Å². The number of benzene rings is 2. The average Bonchev–Trinajstić information content (AvgIpc) is 3.29. The van der Waals surface area contributed by atoms with E-state index in [1.807, 2.05) is 18.2 Å². The summed E-state index contributed by atoms with van der Waals surface area (Å²) < 4.78 is 5.44. The van der Waals surface area contributed by atoms with Gasteiger partial charge in [-0.2, -0.15) is 0 Å². The zero-order chi connectivity index (χ0) is 32.6. The molecule has 0 unspecified atom stereocenters. The number of amides is 2. The number of hydrogen-bond donors (Lipinski definition) is 5. The van der Waals surface area contributed by atoms with Gasteiger partial charge in [0, 0.05) is 30.7 Å². The lowest BCUT2D eigenvalue weighted by atomic mass is 9.89. The molecule has 6 atom stereocenters. The molecule has 6 N–H and O–H groups in total. The lowest BCUT2D eigenvalue weighted by molar-refractivity contribution is -0.134. The molecular formula is C36H48N2O7. The lowest BCUT2D eigenvalue weighted by Gasteiger charge is -2.19. The highest BCUT2D eigenvalue weighted by Gasteiger charge is 2.39. The van der Waals surface area contributed by atoms with Gasteiger partial charge >= 0.3 is 5.97 Å². The average molecular weight is 621 g/mol. The second-order valence-corrected chi connectivity index (χ2v) is 11.8. The van der Waals surface area contributed by atoms with Crippen LogP contribution in [0, 0.1) is 11.8 Å². The fraction of sp³-hybridized carbons (Fsp3) is 0.472. The Morgan fingerprint density at radius 1 is 1.00 bits per heavy atom. The molecule has 0 bridgehead atoms. The SMILES string of the molecule is CCCCC[C@H](O)/C=C/[C@@H]1[C@@H](C/C=C\CCCC(=O)Oc2ccc(C[C@H](NC(=O)c3ccccc3)C(N)=O)cc2)[C@@H](O)C[C@H]1O. The first-order valence-corrected chi connectivity index (χ1v) is 16.0. The third kappa shape index (κ3) is 12.3. The first-order chi connectivity index (χ1) is 21.7. The van der Waals surface area contributed by atoms with Crippen LogP contribution in [0.4, 0.5) is 0 Å². The van der Waals surface area contributed by atoms with E-state index in [0.717, 1.165) is 24.8 Å². The Morgan fingerprint density at radius 2 is 1.73 bits per heavy atom. The van der Waals surface area contributed by atoms with Crippen LogP contribution in [-0.4, -0.2) is 57.5 Å². The first kappa shape index (κ1) is 35.7. The molecule has 45 heavy (non-hydrogen) atoms. The molecule has 0 heterocycles. The minimum Gasteiger partial charge on any atom is -0.427 e. The molecule has 9 nitrogen and oxygen atoms in total. The third-order valence-corrected chi connectivity index (χ3v) is 8.18. The Balaban J connectivity index is 1.39. The molecule has 1 saturated carbocycles. The van der Waals surface area contributed by atoms with Crippen molar-refractivity contribution in [1.29, 1.82) is 0 Å². The topological polar surface area (TPSA) is 159 Å². The molecule has 0 spiro atoms. The zero-order valence-electron chi connectivity index (χ0n) is 26.1. The van der Waals surface area contributed by atoms with Crippen LogP contribution in [0.15, 0.2) is 78.9 Å². The van der Waals surface area contributed by atoms with Crippen molar-refractivity contribution in [2.45, 2.75) is 95.5 Å². The molecule has 0 aliphatic heterocycles. The van der Waals surface area contributed by atoms with Crippen LogP contribution in [-0.2, 0) is 16.0 Å². The summed E-state index contributed by atoms with van der Waals surface area (Å²) in [6.45, 7) is 2.12. The van der Waals surface area contributed by atoms with Crippen LogP contribution in [0.5, 0.6) is 5.75 Å². The molecule has 1 fully saturated rings. The van der Waals surface area contributed by atoms with E-state index in [1.54, 1.807) is 60.7 Å². The number of allylic oxidation sites excluding steroid dienone is 2. The number of nitrogens with one attached hydrogen (secondary N) is 1. The second kappa shape index (κ2) is 18.9. The number of carbonyl (C=O) groups is 3. The van der Waals surface area contributed by atoms with Gasteiger partial charge < -0.3 is 31.1 Å². The van der Waals surface area contributed by atoms with Gasteiger partial charge in [0.25, 0.3) is 5.91 Å². The molecule has 1 aliphatic carbocycles. The maximum Gasteiger partial charge on any atom is 0.311 e. The summed E-state index contributed by atoms with van der Waals surface area (Å²) in [4.78, 5) is 36.7. The highest BCUT2D eigenvalue weighted by atomic mass is 16.5. The van der Waals surface area contributed by atoms with Crippen LogP contribution in [0.1, 0.15) is 80.6 Å². The van der Waals surface area contributed by atoms with Gasteiger partial charge in [-0.3, -0.25) is 14.4 Å². The summed E-state index contributed by atoms with van der Waals surface area (Å²) in [5, 5.41) is 33.7. The van der Waals surface area contributed by atoms with Gasteiger partial charge in [-0.1, -0.05) is 80.8 Å². The van der Waals surface area contributed by atoms with Gasteiger partial charge in [-0.25, -0.2) is 0 Å². The van der Waals surface area contributed by atoms with Gasteiger partial charge in [-0.05, 0) is 61.4 Å². The number of carbonyl (C=O) groups excluding carboxylic acids is 3. The number of nitrogens with two attached hydrogens (primary N) is 1. The number of aliphatic hydroxyl groups excluding tert-OH is 3. The van der Waals surface area contributed by atoms with Gasteiger partial charge in [0.2, 0.25) is 5.91 Å². The smallest absolute Gasteiger partial charge is 0.311 e. The van der Waals surface area contributed by atoms with Crippen LogP contribution in [0.2, 0.25) is 0 Å². The van der Waals surface area contributed by atoms with Crippen molar-refractivity contribution >= 4 is 17.8 Å². The molecule has 2 amide bonds. The summed E-state index contributed by atoms with van der Waals surface area (Å²) in [7, 11) is 0. The standard InChI is InChI=1S/C36H48N2O7/c1-2-3-7-14-27(39)19-22-30-29(32(40)24-33(30)41)15-10-4-5-11-16-34(42)45-28-20-17-25(18-21-28)23-31(35(37)43)38-36(44)26-12-8-6-9-13-26/h4,6,8-10,12-13,17-22,27,29-33,39-41H,2-3,5,7,11,14-16,23-24H2,1H3,(H2,37,43)(H,38,44)/b10-4-,22-19+/t27-,29+,30+,31-,32-,33+/m0/s1. The molecule has 2 aromatic rings. The van der Waals surface area contributed by atoms with Crippen LogP contribution >= 0.6 is 0 Å². The molecular weight excluding hydrogens is 572 g/mol. The molecule has 0 aromatic heterocycles. The maximum atomic E-state index is 12.4. The minimum absolute atomic E-state index is 0.123. The fourth-order valence-electron chi connectivity index (χ4n) is 5.56. The van der Waals surface area contributed by atoms with Crippen molar-refractivity contribution in [1.82, 2.24) is 5.32 Å². The number of hydrogen-bond acceptors (Lipinski definition) is 7. The van der Waals surface area contributed by atoms with Crippen molar-refractivity contribution in [2.75, 3.05) is 0 Å². The lowest BCUT2D eigenvalue weighted by Crippen LogP contribution is -2.45. The first-order valence-electron chi connectivity index (χ1n) is 16.0. The Labute approximate surface area is 266 Å². The van der Waals surface area contributed by atoms with E-state index in [2.05, 4.69) is 12.2 Å². The number of unbranched alkanes of at least 4 members (excludes halogenated alkanes) is 3. The van der Waals surface area contributed by atoms with Crippen molar-refractivity contribution in [3.63, 3.8) is 0 Å². The quantitative estimate of drug-likeness (QED) is 0.0715. The van der Waals surface area contributed by atoms with E-state index in [-0.39, 0.29) is 36.6 Å². The van der Waals surface area contributed by atoms with E-state index in [0.29, 0.717) is 43.4 Å². The number of aliphatic hydroxyl groups is 3. The van der Waals surface area contributed by atoms with Crippen molar-refractivity contribution < 1.29 is 34.4 Å². The van der Waals surface area contributed by atoms with E-state index in [4.69, 9.17) is 10.5 Å². The Kier molecular flexibility index (Phi) is 15.0. The number of ether oxygens (including phenoxy) is 1. The number of primary amides is 1. The summed E-state index contributed by atoms with van der Waals surface area (Å²) in [6, 6.07) is 14.4. The largest absolute Gasteiger partial charge is 0.427 e. The van der Waals surface area contributed by atoms with Gasteiger partial charge in [-0.15, -0.1) is 0 Å². The van der Waals surface area contributed by atoms with E-state index in [1.165, 1.54) is 0 Å². The summed E-state index contributed by atoms with van der Waals surface area (Å²) in [5.74, 6) is -1.35. The predicted molar refractivity (Wildman–Crippen MR) is 173 cm³/mol. The van der Waals surface area contributed by atoms with Gasteiger partial charge in [0.05, 0.1) is 18.3 Å². The number of rotatable bonds is 18. The Morgan fingerprint density at radius 3 is 2.42 bits per heavy atom. The highest BCUT2D eigenvalue weighted by molar-refractivity contribution is 5.97. The zero-order valence-corrected chi connectivity index (χ0v) is 26.1. The molecule has 244 valence electrons. The summed E-state index contributed by atoms with van der Waals surface area (Å²) in [5.41, 5.74) is 6.69. The Bertz CT molecular complexity index is 1260. The fourth-order valence-corrected chi connectivity index (χ4v) is 5.56. The molecule has 9 heteroatoms. The van der Waals surface area contributed by atoms with E-state index in [9.17, 15) is 29.7 Å². The molecule has 3 rings (SSSR count). The van der Waals surface area contributed by atoms with Crippen molar-refractivity contribution in [3.05, 3.63) is 90.0 Å². The highest BCUT2D eigenvalue weighted by Crippen LogP contribution is 2.36. The second-order valence-electron chi connectivity index (χ2n) is 11.8. The predicted octanol–water partition coefficient (Wildman–Crippen LogP) is 4.39. The van der Waals surface area contributed by atoms with Crippen LogP contribution < -0.4 is 15.8 Å². The molecule has 0 radical (unpaired) electrons. The van der Waals surface area contributed by atoms with Gasteiger partial charge in [0.15, 0.2) is 0 Å². The van der Waals surface area contributed by atoms with Crippen LogP contribution in [0.25, 0.3) is 0 Å². The molecule has 1 aliphatic rings. The third-order valence-electron chi connectivity index (χ3n) is 8.18. The monoisotopic (exact) mass is 620 g/mol. The van der Waals surface area contributed by atoms with E-state index >= 15 is 0 Å². The van der Waals surface area contributed by atoms with E-state index < -0.39 is 30.3 Å².